The summed E-state index contributed by atoms with van der Waals surface area (Å²) in [5, 5.41) is 10.4. The van der Waals surface area contributed by atoms with Gasteiger partial charge in [0.25, 0.3) is 0 Å². The third-order valence-electron chi connectivity index (χ3n) is 3.98. The Morgan fingerprint density at radius 3 is 3.26 bits per heavy atom. The zero-order valence-electron chi connectivity index (χ0n) is 11.6. The minimum Gasteiger partial charge on any atom is -0.303 e. The van der Waals surface area contributed by atoms with E-state index < -0.39 is 0 Å². The summed E-state index contributed by atoms with van der Waals surface area (Å²) in [6.45, 7) is 5.29. The van der Waals surface area contributed by atoms with Crippen molar-refractivity contribution < 1.29 is 0 Å². The monoisotopic (exact) mass is 275 g/mol. The molecule has 2 aromatic heterocycles. The molecule has 2 heterocycles. The van der Waals surface area contributed by atoms with Crippen LogP contribution in [0.3, 0.4) is 0 Å². The van der Waals surface area contributed by atoms with Crippen molar-refractivity contribution >= 4 is 11.3 Å². The van der Waals surface area contributed by atoms with E-state index in [0.29, 0.717) is 12.1 Å². The SMILES string of the molecule is CCn1cc(C(C)NC2CCCc3sccc32)cn1. The molecule has 0 spiro atoms. The van der Waals surface area contributed by atoms with Crippen molar-refractivity contribution in [1.29, 1.82) is 0 Å². The first-order chi connectivity index (χ1) is 9.28. The Kier molecular flexibility index (Phi) is 3.71. The lowest BCUT2D eigenvalue weighted by Gasteiger charge is -2.26. The molecule has 0 aromatic carbocycles. The quantitative estimate of drug-likeness (QED) is 0.922. The van der Waals surface area contributed by atoms with Gasteiger partial charge in [0.15, 0.2) is 0 Å². The van der Waals surface area contributed by atoms with Crippen molar-refractivity contribution in [3.63, 3.8) is 0 Å². The van der Waals surface area contributed by atoms with E-state index >= 15 is 0 Å². The number of hydrogen-bond acceptors (Lipinski definition) is 3. The molecule has 19 heavy (non-hydrogen) atoms. The van der Waals surface area contributed by atoms with Gasteiger partial charge in [0.1, 0.15) is 0 Å². The molecule has 1 aliphatic carbocycles. The first kappa shape index (κ1) is 12.9. The largest absolute Gasteiger partial charge is 0.303 e. The molecule has 3 nitrogen and oxygen atoms in total. The number of rotatable bonds is 4. The average molecular weight is 275 g/mol. The number of fused-ring (bicyclic) bond motifs is 1. The summed E-state index contributed by atoms with van der Waals surface area (Å²) in [6, 6.07) is 3.16. The van der Waals surface area contributed by atoms with Gasteiger partial charge in [-0.05, 0) is 50.1 Å². The highest BCUT2D eigenvalue weighted by Crippen LogP contribution is 2.34. The molecule has 0 radical (unpaired) electrons. The Morgan fingerprint density at radius 1 is 1.58 bits per heavy atom. The van der Waals surface area contributed by atoms with Crippen molar-refractivity contribution in [3.8, 4) is 0 Å². The van der Waals surface area contributed by atoms with Gasteiger partial charge < -0.3 is 5.32 Å². The Bertz CT molecular complexity index is 543. The molecular formula is C15H21N3S. The zero-order valence-corrected chi connectivity index (χ0v) is 12.4. The summed E-state index contributed by atoms with van der Waals surface area (Å²) >= 11 is 1.90. The summed E-state index contributed by atoms with van der Waals surface area (Å²) < 4.78 is 1.99. The van der Waals surface area contributed by atoms with Gasteiger partial charge in [0.05, 0.1) is 6.20 Å². The van der Waals surface area contributed by atoms with Crippen molar-refractivity contribution in [2.24, 2.45) is 0 Å². The standard InChI is InChI=1S/C15H21N3S/c1-3-18-10-12(9-16-18)11(2)17-14-5-4-6-15-13(14)7-8-19-15/h7-11,14,17H,3-6H2,1-2H3. The van der Waals surface area contributed by atoms with Crippen LogP contribution in [0.2, 0.25) is 0 Å². The molecule has 0 fully saturated rings. The Balaban J connectivity index is 1.72. The van der Waals surface area contributed by atoms with Crippen molar-refractivity contribution in [2.45, 2.75) is 51.7 Å². The predicted molar refractivity (Wildman–Crippen MR) is 79.4 cm³/mol. The van der Waals surface area contributed by atoms with Crippen LogP contribution in [0.5, 0.6) is 0 Å². The minimum absolute atomic E-state index is 0.358. The van der Waals surface area contributed by atoms with Gasteiger partial charge >= 0.3 is 0 Å². The summed E-state index contributed by atoms with van der Waals surface area (Å²) in [5.74, 6) is 0. The van der Waals surface area contributed by atoms with Crippen LogP contribution in [0.4, 0.5) is 0 Å². The summed E-state index contributed by atoms with van der Waals surface area (Å²) in [7, 11) is 0. The second kappa shape index (κ2) is 5.47. The number of aromatic nitrogens is 2. The van der Waals surface area contributed by atoms with Crippen LogP contribution in [0.15, 0.2) is 23.8 Å². The maximum atomic E-state index is 4.36. The van der Waals surface area contributed by atoms with Crippen LogP contribution in [0, 0.1) is 0 Å². The molecule has 2 atom stereocenters. The van der Waals surface area contributed by atoms with Gasteiger partial charge in [0.2, 0.25) is 0 Å². The molecule has 2 aromatic rings. The zero-order chi connectivity index (χ0) is 13.2. The molecule has 0 amide bonds. The van der Waals surface area contributed by atoms with E-state index in [2.05, 4.69) is 41.9 Å². The van der Waals surface area contributed by atoms with Gasteiger partial charge in [-0.2, -0.15) is 5.10 Å². The number of nitrogens with zero attached hydrogens (tertiary/aromatic N) is 2. The molecule has 0 saturated carbocycles. The maximum Gasteiger partial charge on any atom is 0.0537 e. The molecule has 0 bridgehead atoms. The molecule has 1 aliphatic rings. The molecular weight excluding hydrogens is 254 g/mol. The van der Waals surface area contributed by atoms with E-state index in [1.54, 1.807) is 4.88 Å². The molecule has 3 rings (SSSR count). The molecule has 102 valence electrons. The average Bonchev–Trinajstić information content (AvgIpc) is 3.08. The van der Waals surface area contributed by atoms with Gasteiger partial charge in [-0.1, -0.05) is 0 Å². The Hall–Kier alpha value is -1.13. The first-order valence-electron chi connectivity index (χ1n) is 7.12. The van der Waals surface area contributed by atoms with Crippen LogP contribution in [-0.2, 0) is 13.0 Å². The van der Waals surface area contributed by atoms with E-state index in [1.807, 2.05) is 22.2 Å². The van der Waals surface area contributed by atoms with Crippen LogP contribution >= 0.6 is 11.3 Å². The highest BCUT2D eigenvalue weighted by molar-refractivity contribution is 7.10. The lowest BCUT2D eigenvalue weighted by Crippen LogP contribution is -2.26. The topological polar surface area (TPSA) is 29.9 Å². The first-order valence-corrected chi connectivity index (χ1v) is 8.00. The smallest absolute Gasteiger partial charge is 0.0537 e. The number of hydrogen-bond donors (Lipinski definition) is 1. The summed E-state index contributed by atoms with van der Waals surface area (Å²) in [4.78, 5) is 1.57. The second-order valence-electron chi connectivity index (χ2n) is 5.26. The number of thiophene rings is 1. The van der Waals surface area contributed by atoms with Crippen LogP contribution in [-0.4, -0.2) is 9.78 Å². The predicted octanol–water partition coefficient (Wildman–Crippen LogP) is 3.69. The van der Waals surface area contributed by atoms with Crippen molar-refractivity contribution in [1.82, 2.24) is 15.1 Å². The fraction of sp³-hybridized carbons (Fsp3) is 0.533. The number of nitrogens with one attached hydrogen (secondary N) is 1. The molecule has 4 heteroatoms. The maximum absolute atomic E-state index is 4.36. The fourth-order valence-electron chi connectivity index (χ4n) is 2.83. The minimum atomic E-state index is 0.358. The van der Waals surface area contributed by atoms with Gasteiger partial charge in [-0.3, -0.25) is 4.68 Å². The van der Waals surface area contributed by atoms with E-state index in [-0.39, 0.29) is 0 Å². The van der Waals surface area contributed by atoms with Gasteiger partial charge in [-0.15, -0.1) is 11.3 Å². The van der Waals surface area contributed by atoms with E-state index in [1.165, 1.54) is 30.4 Å². The molecule has 2 unspecified atom stereocenters. The van der Waals surface area contributed by atoms with Gasteiger partial charge in [0, 0.05) is 35.3 Å². The highest BCUT2D eigenvalue weighted by atomic mass is 32.1. The third-order valence-corrected chi connectivity index (χ3v) is 4.98. The lowest BCUT2D eigenvalue weighted by molar-refractivity contribution is 0.418. The van der Waals surface area contributed by atoms with Crippen LogP contribution < -0.4 is 5.32 Å². The number of aryl methyl sites for hydroxylation is 2. The normalized spacial score (nSPS) is 20.2. The van der Waals surface area contributed by atoms with Crippen LogP contribution in [0.25, 0.3) is 0 Å². The third kappa shape index (κ3) is 2.60. The Labute approximate surface area is 118 Å². The fourth-order valence-corrected chi connectivity index (χ4v) is 3.82. The summed E-state index contributed by atoms with van der Waals surface area (Å²) in [6.07, 6.45) is 7.93. The van der Waals surface area contributed by atoms with Crippen LogP contribution in [0.1, 0.15) is 54.8 Å². The molecule has 0 saturated heterocycles. The van der Waals surface area contributed by atoms with E-state index in [9.17, 15) is 0 Å². The summed E-state index contributed by atoms with van der Waals surface area (Å²) in [5.41, 5.74) is 2.80. The molecule has 0 aliphatic heterocycles. The Morgan fingerprint density at radius 2 is 2.47 bits per heavy atom. The highest BCUT2D eigenvalue weighted by Gasteiger charge is 2.23. The van der Waals surface area contributed by atoms with E-state index in [4.69, 9.17) is 0 Å². The van der Waals surface area contributed by atoms with E-state index in [0.717, 1.165) is 6.54 Å². The molecule has 1 N–H and O–H groups in total. The second-order valence-corrected chi connectivity index (χ2v) is 6.26. The van der Waals surface area contributed by atoms with Crippen molar-refractivity contribution in [2.75, 3.05) is 0 Å². The van der Waals surface area contributed by atoms with Crippen molar-refractivity contribution in [3.05, 3.63) is 39.8 Å². The van der Waals surface area contributed by atoms with Gasteiger partial charge in [-0.25, -0.2) is 0 Å². The lowest BCUT2D eigenvalue weighted by atomic mass is 9.93.